The van der Waals surface area contributed by atoms with Crippen LogP contribution >= 0.6 is 0 Å². The maximum absolute atomic E-state index is 13.6. The summed E-state index contributed by atoms with van der Waals surface area (Å²) in [5, 5.41) is 6.69. The molecule has 0 heterocycles. The number of methoxy groups -OCH3 is 2. The van der Waals surface area contributed by atoms with Gasteiger partial charge in [0.05, 0.1) is 26.3 Å². The summed E-state index contributed by atoms with van der Waals surface area (Å²) in [7, 11) is 2.32. The number of hydrogen-bond donors (Lipinski definition) is 3. The predicted molar refractivity (Wildman–Crippen MR) is 85.3 cm³/mol. The average molecular weight is 355 g/mol. The summed E-state index contributed by atoms with van der Waals surface area (Å²) < 4.78 is 22.4. The number of ether oxygens (including phenoxy) is 2. The Balaban J connectivity index is 2.70. The van der Waals surface area contributed by atoms with E-state index in [2.05, 4.69) is 25.4 Å². The molecule has 0 spiro atoms. The van der Waals surface area contributed by atoms with E-state index >= 15 is 0 Å². The largest absolute Gasteiger partial charge is 0.469 e. The number of halogens is 1. The van der Waals surface area contributed by atoms with Crippen LogP contribution in [0.2, 0.25) is 0 Å². The Morgan fingerprint density at radius 1 is 1.08 bits per heavy atom. The quantitative estimate of drug-likeness (QED) is 0.535. The van der Waals surface area contributed by atoms with Crippen LogP contribution in [0.3, 0.4) is 0 Å². The lowest BCUT2D eigenvalue weighted by molar-refractivity contribution is -0.142. The average Bonchev–Trinajstić information content (AvgIpc) is 2.57. The highest BCUT2D eigenvalue weighted by Crippen LogP contribution is 2.19. The fourth-order valence-electron chi connectivity index (χ4n) is 1.72. The van der Waals surface area contributed by atoms with E-state index in [1.807, 2.05) is 0 Å². The van der Waals surface area contributed by atoms with Gasteiger partial charge in [0.15, 0.2) is 0 Å². The zero-order valence-electron chi connectivity index (χ0n) is 13.8. The van der Waals surface area contributed by atoms with Gasteiger partial charge in [-0.05, 0) is 25.1 Å². The molecule has 136 valence electrons. The molecule has 0 radical (unpaired) electrons. The van der Waals surface area contributed by atoms with Gasteiger partial charge < -0.3 is 20.1 Å². The van der Waals surface area contributed by atoms with Gasteiger partial charge in [-0.15, -0.1) is 0 Å². The van der Waals surface area contributed by atoms with Crippen LogP contribution in [-0.4, -0.2) is 44.1 Å². The Kier molecular flexibility index (Phi) is 7.32. The summed E-state index contributed by atoms with van der Waals surface area (Å²) >= 11 is 0. The first-order valence-electron chi connectivity index (χ1n) is 7.10. The molecule has 0 aliphatic heterocycles. The maximum Gasteiger partial charge on any atom is 0.411 e. The topological polar surface area (TPSA) is 123 Å². The van der Waals surface area contributed by atoms with Crippen molar-refractivity contribution >= 4 is 35.3 Å². The third-order valence-corrected chi connectivity index (χ3v) is 2.93. The van der Waals surface area contributed by atoms with Crippen LogP contribution in [-0.2, 0) is 23.9 Å². The maximum atomic E-state index is 13.6. The van der Waals surface area contributed by atoms with E-state index < -0.39 is 35.7 Å². The van der Waals surface area contributed by atoms with Crippen molar-refractivity contribution in [3.05, 3.63) is 24.0 Å². The summed E-state index contributed by atoms with van der Waals surface area (Å²) in [6.07, 6.45) is -0.990. The lowest BCUT2D eigenvalue weighted by Crippen LogP contribution is -2.41. The molecule has 0 aromatic heterocycles. The van der Waals surface area contributed by atoms with E-state index in [0.29, 0.717) is 0 Å². The Morgan fingerprint density at radius 2 is 1.76 bits per heavy atom. The van der Waals surface area contributed by atoms with Crippen molar-refractivity contribution in [3.8, 4) is 0 Å². The van der Waals surface area contributed by atoms with Crippen molar-refractivity contribution in [2.45, 2.75) is 19.4 Å². The zero-order chi connectivity index (χ0) is 19.0. The minimum Gasteiger partial charge on any atom is -0.469 e. The molecular formula is C15H18FN3O6. The molecule has 0 fully saturated rings. The molecule has 25 heavy (non-hydrogen) atoms. The molecule has 3 amide bonds. The smallest absolute Gasteiger partial charge is 0.411 e. The van der Waals surface area contributed by atoms with Crippen molar-refractivity contribution in [1.29, 1.82) is 0 Å². The molecule has 0 unspecified atom stereocenters. The molecule has 0 saturated carbocycles. The van der Waals surface area contributed by atoms with Crippen molar-refractivity contribution < 1.29 is 33.0 Å². The minimum atomic E-state index is -1.02. The van der Waals surface area contributed by atoms with E-state index in [0.717, 1.165) is 19.2 Å². The van der Waals surface area contributed by atoms with Gasteiger partial charge in [0.1, 0.15) is 5.82 Å². The van der Waals surface area contributed by atoms with Gasteiger partial charge in [-0.1, -0.05) is 0 Å². The first kappa shape index (κ1) is 19.9. The van der Waals surface area contributed by atoms with Crippen LogP contribution < -0.4 is 16.0 Å². The van der Waals surface area contributed by atoms with Gasteiger partial charge in [-0.2, -0.15) is 0 Å². The van der Waals surface area contributed by atoms with E-state index in [-0.39, 0.29) is 17.8 Å². The molecule has 1 aromatic rings. The molecule has 1 rings (SSSR count). The number of esters is 1. The van der Waals surface area contributed by atoms with Gasteiger partial charge in [-0.25, -0.2) is 9.18 Å². The van der Waals surface area contributed by atoms with Gasteiger partial charge in [0, 0.05) is 11.7 Å². The molecule has 0 saturated heterocycles. The lowest BCUT2D eigenvalue weighted by atomic mass is 10.2. The van der Waals surface area contributed by atoms with Crippen LogP contribution in [0, 0.1) is 5.82 Å². The van der Waals surface area contributed by atoms with Crippen LogP contribution in [0.4, 0.5) is 20.6 Å². The number of benzene rings is 1. The van der Waals surface area contributed by atoms with Crippen molar-refractivity contribution in [3.63, 3.8) is 0 Å². The van der Waals surface area contributed by atoms with Gasteiger partial charge in [0.25, 0.3) is 0 Å². The normalized spacial score (nSPS) is 11.0. The Bertz CT molecular complexity index is 679. The highest BCUT2D eigenvalue weighted by atomic mass is 19.1. The third-order valence-electron chi connectivity index (χ3n) is 2.93. The SMILES string of the molecule is COC(=O)C[C@H](C)NC(=O)C(=O)Nc1ccc(F)c(NC(=O)OC)c1. The fourth-order valence-corrected chi connectivity index (χ4v) is 1.72. The van der Waals surface area contributed by atoms with Crippen molar-refractivity contribution in [2.24, 2.45) is 0 Å². The van der Waals surface area contributed by atoms with Gasteiger partial charge in [-0.3, -0.25) is 19.7 Å². The zero-order valence-corrected chi connectivity index (χ0v) is 13.8. The third kappa shape index (κ3) is 6.45. The van der Waals surface area contributed by atoms with Crippen LogP contribution in [0.15, 0.2) is 18.2 Å². The molecular weight excluding hydrogens is 337 g/mol. The first-order chi connectivity index (χ1) is 11.8. The second kappa shape index (κ2) is 9.21. The number of nitrogens with one attached hydrogen (secondary N) is 3. The molecule has 0 bridgehead atoms. The standard InChI is InChI=1S/C15H18FN3O6/c1-8(6-12(20)24-2)17-13(21)14(22)18-9-4-5-10(16)11(7-9)19-15(23)25-3/h4-5,7-8H,6H2,1-3H3,(H,17,21)(H,18,22)(H,19,23)/t8-/m0/s1. The summed E-state index contributed by atoms with van der Waals surface area (Å²) in [6.45, 7) is 1.53. The van der Waals surface area contributed by atoms with Crippen molar-refractivity contribution in [1.82, 2.24) is 5.32 Å². The lowest BCUT2D eigenvalue weighted by Gasteiger charge is -2.13. The molecule has 0 aliphatic carbocycles. The second-order valence-corrected chi connectivity index (χ2v) is 4.92. The Morgan fingerprint density at radius 3 is 2.36 bits per heavy atom. The van der Waals surface area contributed by atoms with Crippen LogP contribution in [0.5, 0.6) is 0 Å². The van der Waals surface area contributed by atoms with Crippen LogP contribution in [0.25, 0.3) is 0 Å². The minimum absolute atomic E-state index is 0.0774. The summed E-state index contributed by atoms with van der Waals surface area (Å²) in [4.78, 5) is 45.8. The number of carbonyl (C=O) groups excluding carboxylic acids is 4. The number of carbonyl (C=O) groups is 4. The van der Waals surface area contributed by atoms with E-state index in [1.54, 1.807) is 0 Å². The molecule has 1 aromatic carbocycles. The second-order valence-electron chi connectivity index (χ2n) is 4.92. The molecule has 1 atom stereocenters. The molecule has 10 heteroatoms. The molecule has 3 N–H and O–H groups in total. The first-order valence-corrected chi connectivity index (χ1v) is 7.10. The fraction of sp³-hybridized carbons (Fsp3) is 0.333. The van der Waals surface area contributed by atoms with Crippen LogP contribution in [0.1, 0.15) is 13.3 Å². The summed E-state index contributed by atoms with van der Waals surface area (Å²) in [5.41, 5.74) is -0.155. The van der Waals surface area contributed by atoms with E-state index in [4.69, 9.17) is 0 Å². The van der Waals surface area contributed by atoms with Gasteiger partial charge >= 0.3 is 23.9 Å². The number of rotatable bonds is 5. The number of hydrogen-bond acceptors (Lipinski definition) is 6. The summed E-state index contributed by atoms with van der Waals surface area (Å²) in [6, 6.07) is 2.71. The van der Waals surface area contributed by atoms with E-state index in [1.165, 1.54) is 20.1 Å². The Hall–Kier alpha value is -3.17. The highest BCUT2D eigenvalue weighted by Gasteiger charge is 2.19. The Labute approximate surface area is 142 Å². The molecule has 0 aliphatic rings. The highest BCUT2D eigenvalue weighted by molar-refractivity contribution is 6.39. The number of anilines is 2. The monoisotopic (exact) mass is 355 g/mol. The number of amides is 3. The van der Waals surface area contributed by atoms with Gasteiger partial charge in [0.2, 0.25) is 0 Å². The molecule has 9 nitrogen and oxygen atoms in total. The van der Waals surface area contributed by atoms with Crippen molar-refractivity contribution in [2.75, 3.05) is 24.9 Å². The predicted octanol–water partition coefficient (Wildman–Crippen LogP) is 1.01. The summed E-state index contributed by atoms with van der Waals surface area (Å²) in [5.74, 6) is -3.29. The van der Waals surface area contributed by atoms with E-state index in [9.17, 15) is 23.6 Å².